The van der Waals surface area contributed by atoms with Crippen LogP contribution in [0.1, 0.15) is 30.6 Å². The Morgan fingerprint density at radius 3 is 2.75 bits per heavy atom. The summed E-state index contributed by atoms with van der Waals surface area (Å²) in [5.41, 5.74) is -0.472. The van der Waals surface area contributed by atoms with Crippen LogP contribution in [-0.2, 0) is 9.53 Å². The molecule has 0 unspecified atom stereocenters. The predicted molar refractivity (Wildman–Crippen MR) is 84.7 cm³/mol. The van der Waals surface area contributed by atoms with Gasteiger partial charge in [0.25, 0.3) is 5.91 Å². The molecule has 0 spiro atoms. The van der Waals surface area contributed by atoms with Crippen LogP contribution in [0.15, 0.2) is 12.1 Å². The van der Waals surface area contributed by atoms with E-state index in [0.29, 0.717) is 32.1 Å². The lowest BCUT2D eigenvalue weighted by Gasteiger charge is -2.32. The van der Waals surface area contributed by atoms with Gasteiger partial charge in [0, 0.05) is 25.2 Å². The zero-order valence-electron chi connectivity index (χ0n) is 13.8. The second-order valence-electron chi connectivity index (χ2n) is 6.56. The van der Waals surface area contributed by atoms with E-state index in [9.17, 15) is 14.7 Å². The summed E-state index contributed by atoms with van der Waals surface area (Å²) < 4.78 is 16.5. The van der Waals surface area contributed by atoms with E-state index in [0.717, 1.165) is 0 Å². The van der Waals surface area contributed by atoms with Crippen molar-refractivity contribution in [2.75, 3.05) is 32.9 Å². The summed E-state index contributed by atoms with van der Waals surface area (Å²) in [6.07, 6.45) is 0.198. The Morgan fingerprint density at radius 2 is 2.04 bits per heavy atom. The van der Waals surface area contributed by atoms with Crippen LogP contribution in [0, 0.1) is 0 Å². The molecule has 2 heterocycles. The maximum absolute atomic E-state index is 12.2. The molecule has 2 aliphatic rings. The number of carbonyl (C=O) groups is 2. The molecule has 7 heteroatoms. The van der Waals surface area contributed by atoms with Gasteiger partial charge in [0.05, 0.1) is 19.6 Å². The topological polar surface area (TPSA) is 85.3 Å². The fourth-order valence-electron chi connectivity index (χ4n) is 2.88. The predicted octanol–water partition coefficient (Wildman–Crippen LogP) is 1.37. The number of phenols is 1. The van der Waals surface area contributed by atoms with Crippen molar-refractivity contribution in [1.29, 1.82) is 0 Å². The molecule has 0 aliphatic carbocycles. The van der Waals surface area contributed by atoms with Crippen molar-refractivity contribution in [3.05, 3.63) is 17.7 Å². The van der Waals surface area contributed by atoms with Gasteiger partial charge in [-0.3, -0.25) is 9.59 Å². The Kier molecular flexibility index (Phi) is 4.36. The Bertz CT molecular complexity index is 663. The lowest BCUT2D eigenvalue weighted by molar-refractivity contribution is -0.137. The van der Waals surface area contributed by atoms with Crippen LogP contribution in [0.2, 0.25) is 0 Å². The van der Waals surface area contributed by atoms with Gasteiger partial charge in [-0.15, -0.1) is 0 Å². The van der Waals surface area contributed by atoms with E-state index in [1.807, 2.05) is 0 Å². The highest BCUT2D eigenvalue weighted by molar-refractivity contribution is 6.03. The average Bonchev–Trinajstić information content (AvgIpc) is 2.51. The maximum Gasteiger partial charge on any atom is 0.260 e. The molecule has 2 aliphatic heterocycles. The van der Waals surface area contributed by atoms with Gasteiger partial charge in [-0.2, -0.15) is 0 Å². The van der Waals surface area contributed by atoms with Crippen molar-refractivity contribution in [2.45, 2.75) is 25.9 Å². The Hall–Kier alpha value is -2.28. The van der Waals surface area contributed by atoms with Crippen molar-refractivity contribution >= 4 is 11.7 Å². The van der Waals surface area contributed by atoms with Crippen LogP contribution in [0.4, 0.5) is 0 Å². The van der Waals surface area contributed by atoms with E-state index >= 15 is 0 Å². The van der Waals surface area contributed by atoms with E-state index in [-0.39, 0.29) is 41.8 Å². The normalized spacial score (nSPS) is 19.4. The van der Waals surface area contributed by atoms with Gasteiger partial charge < -0.3 is 24.2 Å². The smallest absolute Gasteiger partial charge is 0.260 e. The molecule has 3 rings (SSSR count). The second kappa shape index (κ2) is 6.32. The minimum atomic E-state index is -0.640. The summed E-state index contributed by atoms with van der Waals surface area (Å²) in [5, 5.41) is 10.1. The number of morpholine rings is 1. The first-order chi connectivity index (χ1) is 11.4. The quantitative estimate of drug-likeness (QED) is 0.898. The molecule has 0 saturated carbocycles. The number of hydrogen-bond acceptors (Lipinski definition) is 6. The van der Waals surface area contributed by atoms with Crippen molar-refractivity contribution in [3.63, 3.8) is 0 Å². The fourth-order valence-corrected chi connectivity index (χ4v) is 2.88. The standard InChI is InChI=1S/C17H21NO6/c1-17(2)9-13(20)16-12(19)7-11(8-14(16)24-17)23-10-15(21)18-3-5-22-6-4-18/h7-8,19H,3-6,9-10H2,1-2H3. The van der Waals surface area contributed by atoms with Gasteiger partial charge in [-0.05, 0) is 13.8 Å². The number of phenolic OH excluding ortho intramolecular Hbond substituents is 1. The number of ketones is 1. The molecule has 7 nitrogen and oxygen atoms in total. The lowest BCUT2D eigenvalue weighted by Crippen LogP contribution is -2.43. The molecule has 0 atom stereocenters. The van der Waals surface area contributed by atoms with Crippen LogP contribution in [0.3, 0.4) is 0 Å². The van der Waals surface area contributed by atoms with E-state index in [4.69, 9.17) is 14.2 Å². The molecule has 1 aromatic rings. The van der Waals surface area contributed by atoms with Crippen LogP contribution in [0.25, 0.3) is 0 Å². The van der Waals surface area contributed by atoms with Gasteiger partial charge >= 0.3 is 0 Å². The lowest BCUT2D eigenvalue weighted by atomic mass is 9.92. The molecular weight excluding hydrogens is 314 g/mol. The zero-order valence-corrected chi connectivity index (χ0v) is 13.8. The summed E-state index contributed by atoms with van der Waals surface area (Å²) in [6.45, 7) is 5.61. The van der Waals surface area contributed by atoms with Crippen molar-refractivity contribution in [1.82, 2.24) is 4.90 Å². The van der Waals surface area contributed by atoms with Crippen LogP contribution in [0.5, 0.6) is 17.2 Å². The number of carbonyl (C=O) groups excluding carboxylic acids is 2. The molecule has 1 amide bonds. The molecule has 1 aromatic carbocycles. The summed E-state index contributed by atoms with van der Waals surface area (Å²) in [5.74, 6) is 0.0628. The minimum Gasteiger partial charge on any atom is -0.507 e. The van der Waals surface area contributed by atoms with E-state index < -0.39 is 5.60 Å². The third-order valence-corrected chi connectivity index (χ3v) is 4.03. The average molecular weight is 335 g/mol. The third kappa shape index (κ3) is 3.46. The summed E-state index contributed by atoms with van der Waals surface area (Å²) >= 11 is 0. The van der Waals surface area contributed by atoms with E-state index in [1.54, 1.807) is 24.8 Å². The van der Waals surface area contributed by atoms with Crippen molar-refractivity contribution in [3.8, 4) is 17.2 Å². The molecule has 0 bridgehead atoms. The molecule has 0 radical (unpaired) electrons. The Labute approximate surface area is 140 Å². The highest BCUT2D eigenvalue weighted by atomic mass is 16.5. The zero-order chi connectivity index (χ0) is 17.3. The molecule has 1 saturated heterocycles. The van der Waals surface area contributed by atoms with Gasteiger partial charge in [-0.1, -0.05) is 0 Å². The molecule has 24 heavy (non-hydrogen) atoms. The number of rotatable bonds is 3. The fraction of sp³-hybridized carbons (Fsp3) is 0.529. The number of benzene rings is 1. The van der Waals surface area contributed by atoms with Crippen molar-refractivity contribution < 1.29 is 28.9 Å². The summed E-state index contributed by atoms with van der Waals surface area (Å²) in [4.78, 5) is 25.9. The molecule has 130 valence electrons. The molecule has 0 aromatic heterocycles. The number of fused-ring (bicyclic) bond motifs is 1. The highest BCUT2D eigenvalue weighted by Gasteiger charge is 2.35. The first kappa shape index (κ1) is 16.6. The molecular formula is C17H21NO6. The Morgan fingerprint density at radius 1 is 1.33 bits per heavy atom. The van der Waals surface area contributed by atoms with Crippen LogP contribution in [-0.4, -0.2) is 60.2 Å². The number of Topliss-reactive ketones (excluding diaryl/α,β-unsaturated/α-hetero) is 1. The first-order valence-electron chi connectivity index (χ1n) is 7.93. The second-order valence-corrected chi connectivity index (χ2v) is 6.56. The van der Waals surface area contributed by atoms with Gasteiger partial charge in [0.2, 0.25) is 0 Å². The van der Waals surface area contributed by atoms with E-state index in [1.165, 1.54) is 6.07 Å². The number of hydrogen-bond donors (Lipinski definition) is 1. The van der Waals surface area contributed by atoms with Crippen LogP contribution >= 0.6 is 0 Å². The van der Waals surface area contributed by atoms with E-state index in [2.05, 4.69) is 0 Å². The molecule has 1 fully saturated rings. The number of aromatic hydroxyl groups is 1. The summed E-state index contributed by atoms with van der Waals surface area (Å²) in [7, 11) is 0. The third-order valence-electron chi connectivity index (χ3n) is 4.03. The number of nitrogens with zero attached hydrogens (tertiary/aromatic N) is 1. The largest absolute Gasteiger partial charge is 0.507 e. The van der Waals surface area contributed by atoms with Crippen molar-refractivity contribution in [2.24, 2.45) is 0 Å². The van der Waals surface area contributed by atoms with Gasteiger partial charge in [0.15, 0.2) is 12.4 Å². The molecule has 1 N–H and O–H groups in total. The van der Waals surface area contributed by atoms with Crippen LogP contribution < -0.4 is 9.47 Å². The van der Waals surface area contributed by atoms with Gasteiger partial charge in [0.1, 0.15) is 28.4 Å². The maximum atomic E-state index is 12.2. The highest BCUT2D eigenvalue weighted by Crippen LogP contribution is 2.40. The number of ether oxygens (including phenoxy) is 3. The summed E-state index contributed by atoms with van der Waals surface area (Å²) in [6, 6.07) is 2.88. The number of amides is 1. The monoisotopic (exact) mass is 335 g/mol. The van der Waals surface area contributed by atoms with Gasteiger partial charge in [-0.25, -0.2) is 0 Å². The minimum absolute atomic E-state index is 0.143. The first-order valence-corrected chi connectivity index (χ1v) is 7.93. The SMILES string of the molecule is CC1(C)CC(=O)c2c(O)cc(OCC(=O)N3CCOCC3)cc2O1. The Balaban J connectivity index is 1.72.